The Morgan fingerprint density at radius 2 is 1.88 bits per heavy atom. The van der Waals surface area contributed by atoms with E-state index in [1.54, 1.807) is 0 Å². The summed E-state index contributed by atoms with van der Waals surface area (Å²) in [7, 11) is 0. The molecule has 1 aromatic rings. The van der Waals surface area contributed by atoms with Gasteiger partial charge in [0.1, 0.15) is 5.69 Å². The first-order valence-corrected chi connectivity index (χ1v) is 6.83. The van der Waals surface area contributed by atoms with Gasteiger partial charge in [0.25, 0.3) is 0 Å². The highest BCUT2D eigenvalue weighted by Crippen LogP contribution is 2.31. The summed E-state index contributed by atoms with van der Waals surface area (Å²) in [6.07, 6.45) is 4.21. The van der Waals surface area contributed by atoms with Crippen LogP contribution in [0.25, 0.3) is 0 Å². The summed E-state index contributed by atoms with van der Waals surface area (Å²) < 4.78 is 2.03. The fourth-order valence-corrected chi connectivity index (χ4v) is 1.98. The summed E-state index contributed by atoms with van der Waals surface area (Å²) in [6.45, 7) is 10.6. The Kier molecular flexibility index (Phi) is 5.03. The van der Waals surface area contributed by atoms with E-state index >= 15 is 0 Å². The van der Waals surface area contributed by atoms with Gasteiger partial charge in [0.05, 0.1) is 5.69 Å². The van der Waals surface area contributed by atoms with Crippen molar-refractivity contribution < 1.29 is 5.11 Å². The van der Waals surface area contributed by atoms with Crippen molar-refractivity contribution in [2.75, 3.05) is 0 Å². The van der Waals surface area contributed by atoms with Crippen molar-refractivity contribution in [1.82, 2.24) is 9.78 Å². The van der Waals surface area contributed by atoms with E-state index in [4.69, 9.17) is 0 Å². The first kappa shape index (κ1) is 14.1. The van der Waals surface area contributed by atoms with Crippen molar-refractivity contribution in [3.05, 3.63) is 11.4 Å². The molecule has 1 rings (SSSR count). The zero-order valence-corrected chi connectivity index (χ0v) is 11.8. The largest absolute Gasteiger partial charge is 0.504 e. The van der Waals surface area contributed by atoms with Crippen molar-refractivity contribution >= 4 is 0 Å². The van der Waals surface area contributed by atoms with E-state index in [0.29, 0.717) is 11.8 Å². The second-order valence-corrected chi connectivity index (χ2v) is 5.14. The molecule has 0 saturated carbocycles. The number of unbranched alkanes of at least 4 members (excludes halogenated alkanes) is 1. The summed E-state index contributed by atoms with van der Waals surface area (Å²) in [6, 6.07) is 0.361. The predicted octanol–water partition coefficient (Wildman–Crippen LogP) is 4.03. The molecule has 98 valence electrons. The third-order valence-electron chi connectivity index (χ3n) is 3.33. The highest BCUT2D eigenvalue weighted by molar-refractivity contribution is 5.34. The van der Waals surface area contributed by atoms with Crippen LogP contribution in [0, 0.1) is 0 Å². The molecule has 0 aliphatic heterocycles. The van der Waals surface area contributed by atoms with Gasteiger partial charge in [-0.15, -0.1) is 0 Å². The molecule has 0 fully saturated rings. The molecule has 17 heavy (non-hydrogen) atoms. The van der Waals surface area contributed by atoms with Crippen molar-refractivity contribution in [3.8, 4) is 5.75 Å². The third-order valence-corrected chi connectivity index (χ3v) is 3.33. The Morgan fingerprint density at radius 1 is 1.24 bits per heavy atom. The number of hydrogen-bond donors (Lipinski definition) is 1. The summed E-state index contributed by atoms with van der Waals surface area (Å²) in [5.74, 6) is 0.703. The lowest BCUT2D eigenvalue weighted by Gasteiger charge is -2.13. The molecule has 0 aliphatic rings. The molecular formula is C14H26N2O. The second-order valence-electron chi connectivity index (χ2n) is 5.14. The minimum atomic E-state index is 0.278. The molecule has 0 radical (unpaired) electrons. The first-order chi connectivity index (χ1) is 8.02. The summed E-state index contributed by atoms with van der Waals surface area (Å²) in [4.78, 5) is 0. The summed E-state index contributed by atoms with van der Waals surface area (Å²) >= 11 is 0. The first-order valence-electron chi connectivity index (χ1n) is 6.83. The maximum absolute atomic E-state index is 10.3. The van der Waals surface area contributed by atoms with Crippen molar-refractivity contribution in [1.29, 1.82) is 0 Å². The van der Waals surface area contributed by atoms with Gasteiger partial charge in [-0.25, -0.2) is 0 Å². The van der Waals surface area contributed by atoms with Gasteiger partial charge in [0.2, 0.25) is 0 Å². The van der Waals surface area contributed by atoms with Gasteiger partial charge in [-0.3, -0.25) is 4.68 Å². The molecule has 0 bridgehead atoms. The smallest absolute Gasteiger partial charge is 0.160 e. The molecule has 0 amide bonds. The standard InChI is InChI=1S/C14H26N2O/c1-6-8-9-12-14(17)13(10(3)4)15-16(12)11(5)7-2/h10-11,17H,6-9H2,1-5H3. The maximum Gasteiger partial charge on any atom is 0.160 e. The van der Waals surface area contributed by atoms with E-state index in [1.165, 1.54) is 0 Å². The molecule has 1 unspecified atom stereocenters. The summed E-state index contributed by atoms with van der Waals surface area (Å²) in [5, 5.41) is 14.9. The van der Waals surface area contributed by atoms with Crippen LogP contribution in [0.15, 0.2) is 0 Å². The molecule has 3 nitrogen and oxygen atoms in total. The highest BCUT2D eigenvalue weighted by atomic mass is 16.3. The lowest BCUT2D eigenvalue weighted by atomic mass is 10.1. The molecule has 1 N–H and O–H groups in total. The van der Waals surface area contributed by atoms with Crippen LogP contribution in [-0.4, -0.2) is 14.9 Å². The Bertz CT molecular complexity index is 355. The van der Waals surface area contributed by atoms with E-state index in [0.717, 1.165) is 37.1 Å². The maximum atomic E-state index is 10.3. The molecular weight excluding hydrogens is 212 g/mol. The zero-order valence-electron chi connectivity index (χ0n) is 11.8. The van der Waals surface area contributed by atoms with Crippen LogP contribution in [-0.2, 0) is 6.42 Å². The lowest BCUT2D eigenvalue weighted by Crippen LogP contribution is -2.10. The fourth-order valence-electron chi connectivity index (χ4n) is 1.98. The monoisotopic (exact) mass is 238 g/mol. The third kappa shape index (κ3) is 3.02. The van der Waals surface area contributed by atoms with E-state index in [9.17, 15) is 5.11 Å². The Morgan fingerprint density at radius 3 is 2.35 bits per heavy atom. The number of nitrogens with zero attached hydrogens (tertiary/aromatic N) is 2. The van der Waals surface area contributed by atoms with Crippen LogP contribution in [0.1, 0.15) is 77.2 Å². The van der Waals surface area contributed by atoms with E-state index < -0.39 is 0 Å². The Labute approximate surface area is 105 Å². The Hall–Kier alpha value is -0.990. The van der Waals surface area contributed by atoms with Crippen LogP contribution >= 0.6 is 0 Å². The lowest BCUT2D eigenvalue weighted by molar-refractivity contribution is 0.434. The number of rotatable bonds is 6. The normalized spacial score (nSPS) is 13.3. The van der Waals surface area contributed by atoms with Gasteiger partial charge in [-0.05, 0) is 26.2 Å². The molecule has 1 heterocycles. The number of hydrogen-bond acceptors (Lipinski definition) is 2. The average molecular weight is 238 g/mol. The van der Waals surface area contributed by atoms with E-state index in [-0.39, 0.29) is 5.92 Å². The minimum absolute atomic E-state index is 0.278. The SMILES string of the molecule is CCCCc1c(O)c(C(C)C)nn1C(C)CC. The summed E-state index contributed by atoms with van der Waals surface area (Å²) in [5.41, 5.74) is 1.86. The van der Waals surface area contributed by atoms with Crippen molar-refractivity contribution in [2.45, 2.75) is 72.3 Å². The molecule has 0 spiro atoms. The number of aromatic nitrogens is 2. The van der Waals surface area contributed by atoms with Gasteiger partial charge < -0.3 is 5.11 Å². The second kappa shape index (κ2) is 6.08. The van der Waals surface area contributed by atoms with Gasteiger partial charge in [0.15, 0.2) is 5.75 Å². The molecule has 0 aromatic carbocycles. The van der Waals surface area contributed by atoms with Gasteiger partial charge in [-0.1, -0.05) is 34.1 Å². The van der Waals surface area contributed by atoms with Gasteiger partial charge >= 0.3 is 0 Å². The van der Waals surface area contributed by atoms with Crippen LogP contribution in [0.3, 0.4) is 0 Å². The molecule has 1 atom stereocenters. The van der Waals surface area contributed by atoms with Crippen LogP contribution < -0.4 is 0 Å². The van der Waals surface area contributed by atoms with E-state index in [2.05, 4.69) is 39.7 Å². The van der Waals surface area contributed by atoms with E-state index in [1.807, 2.05) is 4.68 Å². The minimum Gasteiger partial charge on any atom is -0.504 e. The zero-order chi connectivity index (χ0) is 13.0. The average Bonchev–Trinajstić information content (AvgIpc) is 2.63. The van der Waals surface area contributed by atoms with Crippen molar-refractivity contribution in [3.63, 3.8) is 0 Å². The fraction of sp³-hybridized carbons (Fsp3) is 0.786. The highest BCUT2D eigenvalue weighted by Gasteiger charge is 2.20. The van der Waals surface area contributed by atoms with Crippen LogP contribution in [0.4, 0.5) is 0 Å². The van der Waals surface area contributed by atoms with Gasteiger partial charge in [-0.2, -0.15) is 5.10 Å². The topological polar surface area (TPSA) is 38.1 Å². The molecule has 0 aliphatic carbocycles. The molecule has 3 heteroatoms. The number of aromatic hydroxyl groups is 1. The Balaban J connectivity index is 3.12. The quantitative estimate of drug-likeness (QED) is 0.812. The van der Waals surface area contributed by atoms with Crippen LogP contribution in [0.5, 0.6) is 5.75 Å². The van der Waals surface area contributed by atoms with Crippen molar-refractivity contribution in [2.24, 2.45) is 0 Å². The predicted molar refractivity (Wildman–Crippen MR) is 71.6 cm³/mol. The molecule has 0 saturated heterocycles. The molecule has 1 aromatic heterocycles. The van der Waals surface area contributed by atoms with Gasteiger partial charge in [0, 0.05) is 12.0 Å². The van der Waals surface area contributed by atoms with Crippen LogP contribution in [0.2, 0.25) is 0 Å².